The van der Waals surface area contributed by atoms with Crippen molar-refractivity contribution in [3.63, 3.8) is 0 Å². The van der Waals surface area contributed by atoms with Gasteiger partial charge in [0.2, 0.25) is 0 Å². The van der Waals surface area contributed by atoms with Crippen molar-refractivity contribution in [3.05, 3.63) is 27.7 Å². The highest BCUT2D eigenvalue weighted by atomic mass is 79.9. The van der Waals surface area contributed by atoms with Crippen LogP contribution in [0.15, 0.2) is 21.5 Å². The molecule has 0 spiro atoms. The van der Waals surface area contributed by atoms with Gasteiger partial charge < -0.3 is 0 Å². The Morgan fingerprint density at radius 2 is 2.07 bits per heavy atom. The number of rotatable bonds is 2. The molecule has 0 N–H and O–H groups in total. The number of benzene rings is 1. The van der Waals surface area contributed by atoms with Crippen molar-refractivity contribution >= 4 is 47.3 Å². The van der Waals surface area contributed by atoms with Gasteiger partial charge in [-0.2, -0.15) is 5.26 Å². The van der Waals surface area contributed by atoms with Crippen LogP contribution in [-0.2, 0) is 14.9 Å². The minimum absolute atomic E-state index is 0.0249. The fourth-order valence-corrected chi connectivity index (χ4v) is 3.11. The highest BCUT2D eigenvalue weighted by molar-refractivity contribution is 9.10. The molecule has 7 heteroatoms. The van der Waals surface area contributed by atoms with Crippen LogP contribution in [0.3, 0.4) is 0 Å². The van der Waals surface area contributed by atoms with Gasteiger partial charge in [0.05, 0.1) is 5.56 Å². The first-order chi connectivity index (χ1) is 6.91. The second kappa shape index (κ2) is 4.71. The molecule has 0 unspecified atom stereocenters. The number of halogens is 3. The van der Waals surface area contributed by atoms with Gasteiger partial charge in [-0.3, -0.25) is 0 Å². The zero-order valence-corrected chi connectivity index (χ0v) is 11.1. The van der Waals surface area contributed by atoms with E-state index >= 15 is 0 Å². The monoisotopic (exact) mass is 327 g/mol. The Labute approximate surface area is 105 Å². The van der Waals surface area contributed by atoms with E-state index in [9.17, 15) is 8.42 Å². The number of hydrogen-bond acceptors (Lipinski definition) is 3. The predicted octanol–water partition coefficient (Wildman–Crippen LogP) is 2.99. The van der Waals surface area contributed by atoms with Crippen LogP contribution < -0.4 is 0 Å². The molecule has 80 valence electrons. The second-order valence-corrected chi connectivity index (χ2v) is 6.19. The first-order valence-corrected chi connectivity index (χ1v) is 7.27. The molecule has 0 atom stereocenters. The van der Waals surface area contributed by atoms with Gasteiger partial charge in [0.25, 0.3) is 9.05 Å². The molecule has 1 aromatic carbocycles. The molecule has 0 bridgehead atoms. The maximum Gasteiger partial charge on any atom is 0.262 e. The van der Waals surface area contributed by atoms with Crippen LogP contribution >= 0.6 is 38.2 Å². The van der Waals surface area contributed by atoms with Crippen LogP contribution in [0.2, 0.25) is 0 Å². The van der Waals surface area contributed by atoms with Crippen LogP contribution in [0, 0.1) is 11.3 Å². The summed E-state index contributed by atoms with van der Waals surface area (Å²) in [5.74, 6) is 0.178. The first kappa shape index (κ1) is 12.8. The van der Waals surface area contributed by atoms with E-state index in [-0.39, 0.29) is 16.3 Å². The normalized spacial score (nSPS) is 11.1. The van der Waals surface area contributed by atoms with E-state index < -0.39 is 9.05 Å². The highest BCUT2D eigenvalue weighted by Gasteiger charge is 2.19. The third kappa shape index (κ3) is 2.64. The molecule has 0 aliphatic rings. The van der Waals surface area contributed by atoms with Gasteiger partial charge >= 0.3 is 0 Å². The number of nitrogens with zero attached hydrogens (tertiary/aromatic N) is 1. The van der Waals surface area contributed by atoms with Gasteiger partial charge in [-0.1, -0.05) is 6.07 Å². The Morgan fingerprint density at radius 3 is 2.47 bits per heavy atom. The van der Waals surface area contributed by atoms with Crippen molar-refractivity contribution in [3.8, 4) is 6.07 Å². The van der Waals surface area contributed by atoms with Gasteiger partial charge in [0.1, 0.15) is 11.0 Å². The lowest BCUT2D eigenvalue weighted by molar-refractivity contribution is 0.609. The van der Waals surface area contributed by atoms with Crippen LogP contribution in [0.5, 0.6) is 0 Å². The van der Waals surface area contributed by atoms with E-state index in [0.29, 0.717) is 10.0 Å². The zero-order chi connectivity index (χ0) is 11.6. The summed E-state index contributed by atoms with van der Waals surface area (Å²) in [7, 11) is 1.26. The number of nitriles is 1. The predicted molar refractivity (Wildman–Crippen MR) is 61.5 cm³/mol. The lowest BCUT2D eigenvalue weighted by Crippen LogP contribution is -1.98. The van der Waals surface area contributed by atoms with Crippen LogP contribution in [0.4, 0.5) is 0 Å². The van der Waals surface area contributed by atoms with Gasteiger partial charge in [0, 0.05) is 21.0 Å². The summed E-state index contributed by atoms with van der Waals surface area (Å²) in [6.45, 7) is 0. The number of hydrogen-bond donors (Lipinski definition) is 0. The largest absolute Gasteiger partial charge is 0.262 e. The summed E-state index contributed by atoms with van der Waals surface area (Å²) in [5, 5.41) is 8.84. The Morgan fingerprint density at radius 1 is 1.47 bits per heavy atom. The lowest BCUT2D eigenvalue weighted by atomic mass is 10.1. The van der Waals surface area contributed by atoms with Crippen LogP contribution in [0.25, 0.3) is 0 Å². The lowest BCUT2D eigenvalue weighted by Gasteiger charge is -2.05. The summed E-state index contributed by atoms with van der Waals surface area (Å²) in [6.07, 6.45) is 0. The second-order valence-electron chi connectivity index (χ2n) is 2.60. The average molecular weight is 329 g/mol. The molecular weight excluding hydrogens is 325 g/mol. The van der Waals surface area contributed by atoms with Gasteiger partial charge in [0.15, 0.2) is 0 Å². The smallest absolute Gasteiger partial charge is 0.207 e. The summed E-state index contributed by atoms with van der Waals surface area (Å²) in [4.78, 5) is -0.215. The van der Waals surface area contributed by atoms with Gasteiger partial charge in [-0.25, -0.2) is 8.42 Å². The minimum Gasteiger partial charge on any atom is -0.207 e. The van der Waals surface area contributed by atoms with Crippen molar-refractivity contribution in [1.82, 2.24) is 0 Å². The standard InChI is InChI=1S/C8H4BrCl2NO2S/c9-8-5(3-10)1-2-7(6(8)4-12)15(11,13)14/h1-2H,3H2. The molecule has 1 aromatic rings. The van der Waals surface area contributed by atoms with E-state index in [2.05, 4.69) is 15.9 Å². The Hall–Kier alpha value is -0.280. The molecule has 1 rings (SSSR count). The zero-order valence-electron chi connectivity index (χ0n) is 7.17. The third-order valence-corrected chi connectivity index (χ3v) is 4.26. The first-order valence-electron chi connectivity index (χ1n) is 3.64. The Bertz CT molecular complexity index is 536. The molecule has 0 fully saturated rings. The molecule has 15 heavy (non-hydrogen) atoms. The van der Waals surface area contributed by atoms with Crippen molar-refractivity contribution in [2.24, 2.45) is 0 Å². The number of alkyl halides is 1. The molecule has 0 aliphatic carbocycles. The molecular formula is C8H4BrCl2NO2S. The topological polar surface area (TPSA) is 57.9 Å². The SMILES string of the molecule is N#Cc1c(S(=O)(=O)Cl)ccc(CCl)c1Br. The fraction of sp³-hybridized carbons (Fsp3) is 0.125. The van der Waals surface area contributed by atoms with Crippen molar-refractivity contribution in [2.75, 3.05) is 0 Å². The molecule has 3 nitrogen and oxygen atoms in total. The van der Waals surface area contributed by atoms with Crippen LogP contribution in [0.1, 0.15) is 11.1 Å². The Balaban J connectivity index is 3.61. The maximum atomic E-state index is 11.1. The van der Waals surface area contributed by atoms with E-state index in [1.54, 1.807) is 6.07 Å². The van der Waals surface area contributed by atoms with E-state index in [0.717, 1.165) is 0 Å². The van der Waals surface area contributed by atoms with E-state index in [1.807, 2.05) is 0 Å². The van der Waals surface area contributed by atoms with Crippen molar-refractivity contribution < 1.29 is 8.42 Å². The molecule has 0 heterocycles. The summed E-state index contributed by atoms with van der Waals surface area (Å²) >= 11 is 8.72. The van der Waals surface area contributed by atoms with Crippen molar-refractivity contribution in [2.45, 2.75) is 10.8 Å². The Kier molecular flexibility index (Phi) is 4.01. The summed E-state index contributed by atoms with van der Waals surface area (Å²) < 4.78 is 22.6. The molecule has 0 aliphatic heterocycles. The van der Waals surface area contributed by atoms with E-state index in [4.69, 9.17) is 27.5 Å². The van der Waals surface area contributed by atoms with Gasteiger partial charge in [-0.15, -0.1) is 11.6 Å². The molecule has 0 radical (unpaired) electrons. The third-order valence-electron chi connectivity index (χ3n) is 1.70. The highest BCUT2D eigenvalue weighted by Crippen LogP contribution is 2.30. The molecule has 0 amide bonds. The maximum absolute atomic E-state index is 11.1. The molecule has 0 saturated heterocycles. The van der Waals surface area contributed by atoms with E-state index in [1.165, 1.54) is 12.1 Å². The van der Waals surface area contributed by atoms with Crippen molar-refractivity contribution in [1.29, 1.82) is 5.26 Å². The summed E-state index contributed by atoms with van der Waals surface area (Å²) in [6, 6.07) is 4.55. The summed E-state index contributed by atoms with van der Waals surface area (Å²) in [5.41, 5.74) is 0.612. The average Bonchev–Trinajstić information content (AvgIpc) is 2.15. The van der Waals surface area contributed by atoms with Crippen LogP contribution in [-0.4, -0.2) is 8.42 Å². The molecule has 0 saturated carbocycles. The molecule has 0 aromatic heterocycles. The fourth-order valence-electron chi connectivity index (χ4n) is 1.01. The quantitative estimate of drug-likeness (QED) is 0.619. The van der Waals surface area contributed by atoms with Gasteiger partial charge in [-0.05, 0) is 27.6 Å². The minimum atomic E-state index is -3.92.